The lowest BCUT2D eigenvalue weighted by Crippen LogP contribution is -1.93. The van der Waals surface area contributed by atoms with Crippen LogP contribution in [0.5, 0.6) is 0 Å². The minimum Gasteiger partial charge on any atom is -0.428 e. The van der Waals surface area contributed by atoms with Gasteiger partial charge in [-0.15, -0.1) is 0 Å². The molecule has 4 heteroatoms. The summed E-state index contributed by atoms with van der Waals surface area (Å²) in [5, 5.41) is 9.92. The van der Waals surface area contributed by atoms with E-state index in [0.717, 1.165) is 21.4 Å². The van der Waals surface area contributed by atoms with Crippen molar-refractivity contribution in [2.24, 2.45) is 0 Å². The average molecular weight is 254 g/mol. The largest absolute Gasteiger partial charge is 0.428 e. The number of rotatable bonds is 2. The minimum absolute atomic E-state index is 0.280. The zero-order valence-electron chi connectivity index (χ0n) is 9.99. The van der Waals surface area contributed by atoms with Gasteiger partial charge in [-0.25, -0.2) is 4.39 Å². The number of aromatic nitrogens is 2. The molecule has 2 aromatic heterocycles. The lowest BCUT2D eigenvalue weighted by Gasteiger charge is -2.07. The van der Waals surface area contributed by atoms with E-state index in [1.54, 1.807) is 36.8 Å². The summed E-state index contributed by atoms with van der Waals surface area (Å²) in [7, 11) is 0. The molecule has 0 unspecified atom stereocenters. The molecule has 3 rings (SSSR count). The Bertz CT molecular complexity index is 690. The highest BCUT2D eigenvalue weighted by Crippen LogP contribution is 2.32. The Labute approximate surface area is 109 Å². The summed E-state index contributed by atoms with van der Waals surface area (Å²) in [5.74, 6) is -0.280. The molecule has 0 atom stereocenters. The van der Waals surface area contributed by atoms with Gasteiger partial charge in [-0.1, -0.05) is 12.1 Å². The molecular weight excluding hydrogens is 243 g/mol. The molecule has 0 bridgehead atoms. The fourth-order valence-corrected chi connectivity index (χ4v) is 2.08. The van der Waals surface area contributed by atoms with Crippen LogP contribution in [0.25, 0.3) is 22.4 Å². The maximum atomic E-state index is 13.0. The normalized spacial score (nSPS) is 10.6. The fraction of sp³-hybridized carbons (Fsp3) is 0. The third kappa shape index (κ3) is 2.08. The second kappa shape index (κ2) is 4.57. The van der Waals surface area contributed by atoms with Crippen LogP contribution < -0.4 is 0 Å². The molecule has 94 valence electrons. The topological polar surface area (TPSA) is 38.0 Å². The summed E-state index contributed by atoms with van der Waals surface area (Å²) in [6, 6.07) is 11.6. The van der Waals surface area contributed by atoms with E-state index in [-0.39, 0.29) is 5.82 Å². The highest BCUT2D eigenvalue weighted by Gasteiger charge is 2.12. The van der Waals surface area contributed by atoms with E-state index in [1.165, 1.54) is 12.1 Å². The van der Waals surface area contributed by atoms with Crippen molar-refractivity contribution in [2.45, 2.75) is 0 Å². The molecule has 3 nitrogen and oxygen atoms in total. The minimum atomic E-state index is -0.280. The lowest BCUT2D eigenvalue weighted by atomic mass is 10.0. The molecule has 0 aliphatic carbocycles. The molecule has 0 aliphatic heterocycles. The number of hydrogen-bond donors (Lipinski definition) is 1. The van der Waals surface area contributed by atoms with Crippen LogP contribution in [0.4, 0.5) is 4.39 Å². The summed E-state index contributed by atoms with van der Waals surface area (Å²) in [6.07, 6.45) is 4.89. The van der Waals surface area contributed by atoms with Crippen molar-refractivity contribution in [3.05, 3.63) is 66.9 Å². The summed E-state index contributed by atoms with van der Waals surface area (Å²) in [4.78, 5) is 3.96. The van der Waals surface area contributed by atoms with Crippen molar-refractivity contribution in [1.29, 1.82) is 0 Å². The zero-order valence-corrected chi connectivity index (χ0v) is 9.99. The summed E-state index contributed by atoms with van der Waals surface area (Å²) < 4.78 is 14.0. The predicted octanol–water partition coefficient (Wildman–Crippen LogP) is 3.59. The van der Waals surface area contributed by atoms with Gasteiger partial charge in [0.2, 0.25) is 0 Å². The monoisotopic (exact) mass is 254 g/mol. The first-order valence-electron chi connectivity index (χ1n) is 5.82. The molecule has 0 fully saturated rings. The van der Waals surface area contributed by atoms with Crippen LogP contribution in [0.1, 0.15) is 0 Å². The van der Waals surface area contributed by atoms with Gasteiger partial charge in [0.25, 0.3) is 0 Å². The van der Waals surface area contributed by atoms with Gasteiger partial charge < -0.3 is 5.21 Å². The highest BCUT2D eigenvalue weighted by atomic mass is 19.1. The van der Waals surface area contributed by atoms with Crippen LogP contribution in [0.2, 0.25) is 0 Å². The fourth-order valence-electron chi connectivity index (χ4n) is 2.08. The van der Waals surface area contributed by atoms with Crippen LogP contribution in [0, 0.1) is 5.82 Å². The summed E-state index contributed by atoms with van der Waals surface area (Å²) in [6.45, 7) is 0. The van der Waals surface area contributed by atoms with E-state index < -0.39 is 0 Å². The Morgan fingerprint density at radius 3 is 2.26 bits per heavy atom. The van der Waals surface area contributed by atoms with E-state index in [9.17, 15) is 9.60 Å². The standard InChI is InChI=1S/C15H11FN2O/c16-13-3-1-11(2-4-13)14-7-10-18(19)15(14)12-5-8-17-9-6-12/h1-10,19H. The van der Waals surface area contributed by atoms with E-state index in [4.69, 9.17) is 0 Å². The van der Waals surface area contributed by atoms with Gasteiger partial charge >= 0.3 is 0 Å². The smallest absolute Gasteiger partial charge is 0.123 e. The molecular formula is C15H11FN2O. The Morgan fingerprint density at radius 2 is 1.58 bits per heavy atom. The van der Waals surface area contributed by atoms with Crippen LogP contribution in [-0.4, -0.2) is 14.9 Å². The maximum absolute atomic E-state index is 13.0. The van der Waals surface area contributed by atoms with Gasteiger partial charge in [0.1, 0.15) is 5.82 Å². The van der Waals surface area contributed by atoms with E-state index in [2.05, 4.69) is 4.98 Å². The zero-order chi connectivity index (χ0) is 13.2. The van der Waals surface area contributed by atoms with Crippen molar-refractivity contribution < 1.29 is 9.60 Å². The Balaban J connectivity index is 2.16. The van der Waals surface area contributed by atoms with Gasteiger partial charge in [-0.05, 0) is 35.9 Å². The second-order valence-corrected chi connectivity index (χ2v) is 4.17. The van der Waals surface area contributed by atoms with Gasteiger partial charge in [0, 0.05) is 29.7 Å². The number of hydrogen-bond acceptors (Lipinski definition) is 2. The number of nitrogens with zero attached hydrogens (tertiary/aromatic N) is 2. The van der Waals surface area contributed by atoms with Gasteiger partial charge in [0.15, 0.2) is 0 Å². The van der Waals surface area contributed by atoms with Crippen LogP contribution in [0.15, 0.2) is 61.1 Å². The predicted molar refractivity (Wildman–Crippen MR) is 70.2 cm³/mol. The molecule has 19 heavy (non-hydrogen) atoms. The molecule has 1 N–H and O–H groups in total. The first-order chi connectivity index (χ1) is 9.25. The SMILES string of the molecule is On1ccc(-c2ccc(F)cc2)c1-c1ccncc1. The molecule has 0 aliphatic rings. The molecule has 3 aromatic rings. The Kier molecular flexibility index (Phi) is 2.76. The number of halogens is 1. The lowest BCUT2D eigenvalue weighted by molar-refractivity contribution is 0.192. The molecule has 0 radical (unpaired) electrons. The van der Waals surface area contributed by atoms with Gasteiger partial charge in [-0.2, -0.15) is 4.73 Å². The van der Waals surface area contributed by atoms with E-state index in [0.29, 0.717) is 5.69 Å². The second-order valence-electron chi connectivity index (χ2n) is 4.17. The van der Waals surface area contributed by atoms with Crippen molar-refractivity contribution in [3.63, 3.8) is 0 Å². The van der Waals surface area contributed by atoms with Gasteiger partial charge in [0.05, 0.1) is 5.69 Å². The van der Waals surface area contributed by atoms with Crippen LogP contribution in [0.3, 0.4) is 0 Å². The van der Waals surface area contributed by atoms with Gasteiger partial charge in [-0.3, -0.25) is 4.98 Å². The number of pyridine rings is 1. The quantitative estimate of drug-likeness (QED) is 0.710. The first-order valence-corrected chi connectivity index (χ1v) is 5.82. The molecule has 0 amide bonds. The van der Waals surface area contributed by atoms with Crippen LogP contribution in [-0.2, 0) is 0 Å². The molecule has 2 heterocycles. The van der Waals surface area contributed by atoms with E-state index >= 15 is 0 Å². The molecule has 0 saturated carbocycles. The third-order valence-electron chi connectivity index (χ3n) is 2.98. The van der Waals surface area contributed by atoms with Crippen LogP contribution >= 0.6 is 0 Å². The van der Waals surface area contributed by atoms with Crippen molar-refractivity contribution >= 4 is 0 Å². The van der Waals surface area contributed by atoms with Crippen molar-refractivity contribution in [3.8, 4) is 22.4 Å². The molecule has 0 spiro atoms. The highest BCUT2D eigenvalue weighted by molar-refractivity contribution is 5.81. The summed E-state index contributed by atoms with van der Waals surface area (Å²) in [5.41, 5.74) is 3.20. The van der Waals surface area contributed by atoms with Crippen molar-refractivity contribution in [1.82, 2.24) is 9.71 Å². The maximum Gasteiger partial charge on any atom is 0.123 e. The first kappa shape index (κ1) is 11.5. The van der Waals surface area contributed by atoms with Crippen molar-refractivity contribution in [2.75, 3.05) is 0 Å². The Morgan fingerprint density at radius 1 is 0.895 bits per heavy atom. The average Bonchev–Trinajstić information content (AvgIpc) is 2.82. The summed E-state index contributed by atoms with van der Waals surface area (Å²) >= 11 is 0. The van der Waals surface area contributed by atoms with E-state index in [1.807, 2.05) is 12.1 Å². The Hall–Kier alpha value is -2.62. The molecule has 1 aromatic carbocycles. The molecule has 0 saturated heterocycles. The number of benzene rings is 1. The third-order valence-corrected chi connectivity index (χ3v) is 2.98.